The first-order valence-corrected chi connectivity index (χ1v) is 9.04. The standard InChI is InChI=1S/C19H19F2N3OS/c1-23(2)10-5-11-24(18(25)14-6-3-4-7-15(14)21)19-22-16-9-8-13(20)12-17(16)26-19/h3-4,6-9,12H,5,10-11H2,1-2H3. The number of fused-ring (bicyclic) bond motifs is 1. The average molecular weight is 375 g/mol. The molecule has 0 fully saturated rings. The highest BCUT2D eigenvalue weighted by atomic mass is 32.1. The van der Waals surface area contributed by atoms with Gasteiger partial charge in [0.15, 0.2) is 5.13 Å². The average Bonchev–Trinajstić information content (AvgIpc) is 3.01. The van der Waals surface area contributed by atoms with Gasteiger partial charge in [0, 0.05) is 6.54 Å². The zero-order valence-corrected chi connectivity index (χ0v) is 15.4. The lowest BCUT2D eigenvalue weighted by molar-refractivity contribution is 0.0982. The Hall–Kier alpha value is -2.38. The Kier molecular flexibility index (Phi) is 5.58. The van der Waals surface area contributed by atoms with Crippen molar-refractivity contribution in [3.63, 3.8) is 0 Å². The van der Waals surface area contributed by atoms with Crippen LogP contribution in [0.1, 0.15) is 16.8 Å². The van der Waals surface area contributed by atoms with Crippen molar-refractivity contribution >= 4 is 32.6 Å². The van der Waals surface area contributed by atoms with E-state index in [4.69, 9.17) is 0 Å². The number of carbonyl (C=O) groups excluding carboxylic acids is 1. The van der Waals surface area contributed by atoms with Crippen LogP contribution in [0.5, 0.6) is 0 Å². The Labute approximate surface area is 154 Å². The minimum absolute atomic E-state index is 0.00258. The molecule has 0 unspecified atom stereocenters. The number of amides is 1. The van der Waals surface area contributed by atoms with Gasteiger partial charge in [-0.25, -0.2) is 13.8 Å². The molecule has 0 aliphatic heterocycles. The Morgan fingerprint density at radius 3 is 2.62 bits per heavy atom. The van der Waals surface area contributed by atoms with Gasteiger partial charge in [0.2, 0.25) is 0 Å². The molecule has 0 aliphatic rings. The number of hydrogen-bond donors (Lipinski definition) is 0. The highest BCUT2D eigenvalue weighted by molar-refractivity contribution is 7.22. The van der Waals surface area contributed by atoms with Crippen molar-refractivity contribution in [2.24, 2.45) is 0 Å². The first-order valence-electron chi connectivity index (χ1n) is 8.23. The number of benzene rings is 2. The number of halogens is 2. The van der Waals surface area contributed by atoms with Gasteiger partial charge in [-0.3, -0.25) is 9.69 Å². The molecule has 0 saturated carbocycles. The van der Waals surface area contributed by atoms with Crippen LogP contribution < -0.4 is 4.90 Å². The molecule has 0 atom stereocenters. The summed E-state index contributed by atoms with van der Waals surface area (Å²) in [6.45, 7) is 1.17. The van der Waals surface area contributed by atoms with Crippen LogP contribution in [0.2, 0.25) is 0 Å². The van der Waals surface area contributed by atoms with Gasteiger partial charge in [-0.1, -0.05) is 23.5 Å². The second-order valence-electron chi connectivity index (χ2n) is 6.20. The topological polar surface area (TPSA) is 36.4 Å². The van der Waals surface area contributed by atoms with E-state index in [9.17, 15) is 13.6 Å². The molecule has 0 aliphatic carbocycles. The molecule has 3 rings (SSSR count). The van der Waals surface area contributed by atoms with Gasteiger partial charge in [0.1, 0.15) is 11.6 Å². The lowest BCUT2D eigenvalue weighted by Gasteiger charge is -2.21. The largest absolute Gasteiger partial charge is 0.309 e. The van der Waals surface area contributed by atoms with E-state index in [0.29, 0.717) is 28.3 Å². The maximum atomic E-state index is 14.1. The third kappa shape index (κ3) is 4.05. The maximum absolute atomic E-state index is 14.1. The van der Waals surface area contributed by atoms with Gasteiger partial charge < -0.3 is 4.90 Å². The first kappa shape index (κ1) is 18.4. The fourth-order valence-electron chi connectivity index (χ4n) is 2.61. The van der Waals surface area contributed by atoms with E-state index in [1.165, 1.54) is 40.5 Å². The predicted molar refractivity (Wildman–Crippen MR) is 101 cm³/mol. The summed E-state index contributed by atoms with van der Waals surface area (Å²) in [7, 11) is 3.90. The van der Waals surface area contributed by atoms with E-state index in [-0.39, 0.29) is 11.4 Å². The summed E-state index contributed by atoms with van der Waals surface area (Å²) in [4.78, 5) is 20.9. The van der Waals surface area contributed by atoms with Gasteiger partial charge in [0.05, 0.1) is 15.8 Å². The molecular formula is C19H19F2N3OS. The minimum Gasteiger partial charge on any atom is -0.309 e. The third-order valence-electron chi connectivity index (χ3n) is 3.91. The van der Waals surface area contributed by atoms with Gasteiger partial charge in [-0.2, -0.15) is 0 Å². The second-order valence-corrected chi connectivity index (χ2v) is 7.21. The Morgan fingerprint density at radius 1 is 1.12 bits per heavy atom. The monoisotopic (exact) mass is 375 g/mol. The molecule has 0 radical (unpaired) electrons. The van der Waals surface area contributed by atoms with E-state index in [1.54, 1.807) is 18.2 Å². The SMILES string of the molecule is CN(C)CCCN(C(=O)c1ccccc1F)c1nc2ccc(F)cc2s1. The molecule has 2 aromatic carbocycles. The van der Waals surface area contributed by atoms with Crippen LogP contribution in [0.15, 0.2) is 42.5 Å². The van der Waals surface area contributed by atoms with Gasteiger partial charge in [0.25, 0.3) is 5.91 Å². The summed E-state index contributed by atoms with van der Waals surface area (Å²) in [5, 5.41) is 0.442. The van der Waals surface area contributed by atoms with Gasteiger partial charge in [-0.15, -0.1) is 0 Å². The molecule has 4 nitrogen and oxygen atoms in total. The van der Waals surface area contributed by atoms with Crippen LogP contribution in [-0.4, -0.2) is 43.0 Å². The highest BCUT2D eigenvalue weighted by Crippen LogP contribution is 2.30. The predicted octanol–water partition coefficient (Wildman–Crippen LogP) is 4.17. The van der Waals surface area contributed by atoms with Crippen molar-refractivity contribution < 1.29 is 13.6 Å². The molecule has 1 aromatic heterocycles. The van der Waals surface area contributed by atoms with Crippen LogP contribution in [-0.2, 0) is 0 Å². The molecule has 136 valence electrons. The number of nitrogens with zero attached hydrogens (tertiary/aromatic N) is 3. The number of rotatable bonds is 6. The smallest absolute Gasteiger partial charge is 0.263 e. The number of hydrogen-bond acceptors (Lipinski definition) is 4. The van der Waals surface area contributed by atoms with Crippen LogP contribution in [0.3, 0.4) is 0 Å². The van der Waals surface area contributed by atoms with Crippen molar-refractivity contribution in [2.45, 2.75) is 6.42 Å². The molecule has 3 aromatic rings. The lowest BCUT2D eigenvalue weighted by atomic mass is 10.2. The molecule has 0 bridgehead atoms. The summed E-state index contributed by atoms with van der Waals surface area (Å²) in [6.07, 6.45) is 0.706. The normalized spacial score (nSPS) is 11.3. The van der Waals surface area contributed by atoms with Crippen LogP contribution in [0.4, 0.5) is 13.9 Å². The lowest BCUT2D eigenvalue weighted by Crippen LogP contribution is -2.34. The molecule has 1 heterocycles. The number of thiazole rings is 1. The molecule has 1 amide bonds. The maximum Gasteiger partial charge on any atom is 0.263 e. The zero-order chi connectivity index (χ0) is 18.7. The Bertz CT molecular complexity index is 926. The third-order valence-corrected chi connectivity index (χ3v) is 4.95. The van der Waals surface area contributed by atoms with E-state index in [2.05, 4.69) is 4.98 Å². The van der Waals surface area contributed by atoms with Gasteiger partial charge in [-0.05, 0) is 57.4 Å². The summed E-state index contributed by atoms with van der Waals surface area (Å²) in [5.41, 5.74) is 0.619. The summed E-state index contributed by atoms with van der Waals surface area (Å²) < 4.78 is 28.2. The van der Waals surface area contributed by atoms with Crippen molar-refractivity contribution in [3.8, 4) is 0 Å². The van der Waals surface area contributed by atoms with E-state index in [0.717, 1.165) is 6.54 Å². The summed E-state index contributed by atoms with van der Waals surface area (Å²) >= 11 is 1.23. The first-order chi connectivity index (χ1) is 12.5. The van der Waals surface area contributed by atoms with Crippen molar-refractivity contribution in [2.75, 3.05) is 32.1 Å². The van der Waals surface area contributed by atoms with Gasteiger partial charge >= 0.3 is 0 Å². The van der Waals surface area contributed by atoms with Crippen molar-refractivity contribution in [3.05, 3.63) is 59.7 Å². The molecule has 26 heavy (non-hydrogen) atoms. The summed E-state index contributed by atoms with van der Waals surface area (Å²) in [6, 6.07) is 10.2. The van der Waals surface area contributed by atoms with Crippen molar-refractivity contribution in [1.29, 1.82) is 0 Å². The zero-order valence-electron chi connectivity index (χ0n) is 14.6. The van der Waals surface area contributed by atoms with Crippen LogP contribution in [0.25, 0.3) is 10.2 Å². The molecule has 7 heteroatoms. The number of carbonyl (C=O) groups is 1. The van der Waals surface area contributed by atoms with Crippen molar-refractivity contribution in [1.82, 2.24) is 9.88 Å². The van der Waals surface area contributed by atoms with Crippen LogP contribution in [0, 0.1) is 11.6 Å². The Balaban J connectivity index is 1.96. The molecule has 0 saturated heterocycles. The fourth-order valence-corrected chi connectivity index (χ4v) is 3.63. The number of anilines is 1. The number of aromatic nitrogens is 1. The van der Waals surface area contributed by atoms with E-state index < -0.39 is 11.7 Å². The fraction of sp³-hybridized carbons (Fsp3) is 0.263. The quantitative estimate of drug-likeness (QED) is 0.649. The van der Waals surface area contributed by atoms with E-state index in [1.807, 2.05) is 19.0 Å². The highest BCUT2D eigenvalue weighted by Gasteiger charge is 2.23. The Morgan fingerprint density at radius 2 is 1.88 bits per heavy atom. The minimum atomic E-state index is -0.567. The summed E-state index contributed by atoms with van der Waals surface area (Å²) in [5.74, 6) is -1.36. The molecule has 0 spiro atoms. The molecular weight excluding hydrogens is 356 g/mol. The molecule has 0 N–H and O–H groups in total. The van der Waals surface area contributed by atoms with E-state index >= 15 is 0 Å². The van der Waals surface area contributed by atoms with Crippen LogP contribution >= 0.6 is 11.3 Å². The second kappa shape index (κ2) is 7.88.